The van der Waals surface area contributed by atoms with Crippen LogP contribution in [0.1, 0.15) is 25.3 Å². The highest BCUT2D eigenvalue weighted by molar-refractivity contribution is 7.86. The zero-order valence-electron chi connectivity index (χ0n) is 11.2. The molecule has 0 spiro atoms. The molecule has 3 rings (SSSR count). The quantitative estimate of drug-likeness (QED) is 0.793. The minimum Gasteiger partial charge on any atom is -0.372 e. The molecule has 1 aliphatic heterocycles. The zero-order valence-corrected chi connectivity index (χ0v) is 12.1. The third kappa shape index (κ3) is 2.41. The van der Waals surface area contributed by atoms with Gasteiger partial charge >= 0.3 is 0 Å². The topological polar surface area (TPSA) is 26.3 Å². The lowest BCUT2D eigenvalue weighted by molar-refractivity contribution is -0.00307. The zero-order chi connectivity index (χ0) is 13.3. The first-order valence-electron chi connectivity index (χ1n) is 6.90. The standard InChI is InChI=1S/C16H20O2S/c1-16-10-6-5-9-15(16)19(17)12-14(16)18-11-13-7-3-2-4-8-13/h2-4,6-8,10,14-15H,5,9,11-12H2,1H3/t14-,15+,16+,19?/m0/s1. The van der Waals surface area contributed by atoms with Crippen molar-refractivity contribution >= 4 is 10.8 Å². The summed E-state index contributed by atoms with van der Waals surface area (Å²) in [5.41, 5.74) is 1.14. The van der Waals surface area contributed by atoms with Crippen molar-refractivity contribution in [1.29, 1.82) is 0 Å². The van der Waals surface area contributed by atoms with Gasteiger partial charge in [0, 0.05) is 21.5 Å². The normalized spacial score (nSPS) is 37.2. The maximum Gasteiger partial charge on any atom is 0.0794 e. The molecule has 0 bridgehead atoms. The van der Waals surface area contributed by atoms with Crippen molar-refractivity contribution in [2.45, 2.75) is 37.7 Å². The fourth-order valence-electron chi connectivity index (χ4n) is 3.18. The van der Waals surface area contributed by atoms with E-state index in [4.69, 9.17) is 4.74 Å². The van der Waals surface area contributed by atoms with Crippen LogP contribution in [-0.2, 0) is 22.1 Å². The predicted octanol–water partition coefficient (Wildman–Crippen LogP) is 3.06. The Bertz CT molecular complexity index is 497. The maximum absolute atomic E-state index is 12.2. The fraction of sp³-hybridized carbons (Fsp3) is 0.500. The van der Waals surface area contributed by atoms with E-state index >= 15 is 0 Å². The second kappa shape index (κ2) is 5.22. The van der Waals surface area contributed by atoms with Crippen molar-refractivity contribution in [1.82, 2.24) is 0 Å². The number of ether oxygens (including phenoxy) is 1. The summed E-state index contributed by atoms with van der Waals surface area (Å²) in [7, 11) is -0.743. The van der Waals surface area contributed by atoms with Crippen LogP contribution in [0.3, 0.4) is 0 Å². The molecule has 1 heterocycles. The first kappa shape index (κ1) is 13.1. The van der Waals surface area contributed by atoms with Crippen LogP contribution in [0.15, 0.2) is 42.5 Å². The lowest BCUT2D eigenvalue weighted by Crippen LogP contribution is -2.38. The third-order valence-electron chi connectivity index (χ3n) is 4.39. The second-order valence-electron chi connectivity index (χ2n) is 5.67. The van der Waals surface area contributed by atoms with E-state index in [0.717, 1.165) is 12.8 Å². The van der Waals surface area contributed by atoms with E-state index < -0.39 is 10.8 Å². The minimum absolute atomic E-state index is 0.0438. The number of allylic oxidation sites excluding steroid dienone is 1. The Balaban J connectivity index is 1.73. The molecule has 2 nitrogen and oxygen atoms in total. The van der Waals surface area contributed by atoms with Crippen LogP contribution in [0.5, 0.6) is 0 Å². The van der Waals surface area contributed by atoms with Gasteiger partial charge in [0.2, 0.25) is 0 Å². The lowest BCUT2D eigenvalue weighted by Gasteiger charge is -2.34. The van der Waals surface area contributed by atoms with Gasteiger partial charge in [-0.2, -0.15) is 0 Å². The fourth-order valence-corrected chi connectivity index (χ4v) is 5.36. The molecule has 1 saturated heterocycles. The number of fused-ring (bicyclic) bond motifs is 1. The van der Waals surface area contributed by atoms with E-state index in [1.165, 1.54) is 5.56 Å². The van der Waals surface area contributed by atoms with Crippen LogP contribution in [0.25, 0.3) is 0 Å². The Kier molecular flexibility index (Phi) is 3.59. The van der Waals surface area contributed by atoms with Gasteiger partial charge in [-0.1, -0.05) is 49.4 Å². The molecule has 1 aliphatic carbocycles. The van der Waals surface area contributed by atoms with Crippen LogP contribution in [0.4, 0.5) is 0 Å². The minimum atomic E-state index is -0.743. The third-order valence-corrected chi connectivity index (χ3v) is 6.40. The molecule has 3 heteroatoms. The largest absolute Gasteiger partial charge is 0.372 e. The van der Waals surface area contributed by atoms with Crippen molar-refractivity contribution in [3.8, 4) is 0 Å². The Morgan fingerprint density at radius 1 is 1.37 bits per heavy atom. The molecular weight excluding hydrogens is 256 g/mol. The van der Waals surface area contributed by atoms with Crippen molar-refractivity contribution in [3.63, 3.8) is 0 Å². The average molecular weight is 276 g/mol. The summed E-state index contributed by atoms with van der Waals surface area (Å²) in [6, 6.07) is 10.2. The predicted molar refractivity (Wildman–Crippen MR) is 78.3 cm³/mol. The molecule has 2 aliphatic rings. The first-order chi connectivity index (χ1) is 9.20. The summed E-state index contributed by atoms with van der Waals surface area (Å²) in [5.74, 6) is 0.679. The van der Waals surface area contributed by atoms with Crippen LogP contribution in [0, 0.1) is 5.41 Å². The average Bonchev–Trinajstić information content (AvgIpc) is 2.69. The van der Waals surface area contributed by atoms with Crippen LogP contribution in [-0.4, -0.2) is 21.3 Å². The van der Waals surface area contributed by atoms with Crippen LogP contribution >= 0.6 is 0 Å². The van der Waals surface area contributed by atoms with Gasteiger partial charge in [-0.3, -0.25) is 4.21 Å². The molecule has 19 heavy (non-hydrogen) atoms. The lowest BCUT2D eigenvalue weighted by atomic mass is 9.76. The summed E-state index contributed by atoms with van der Waals surface area (Å²) in [5, 5.41) is 0.276. The Morgan fingerprint density at radius 3 is 2.95 bits per heavy atom. The molecule has 1 aromatic rings. The number of hydrogen-bond donors (Lipinski definition) is 0. The van der Waals surface area contributed by atoms with E-state index in [9.17, 15) is 4.21 Å². The highest BCUT2D eigenvalue weighted by Gasteiger charge is 2.50. The first-order valence-corrected chi connectivity index (χ1v) is 8.29. The molecule has 0 saturated carbocycles. The van der Waals surface area contributed by atoms with E-state index in [0.29, 0.717) is 12.4 Å². The SMILES string of the molecule is C[C@]12C=CCC[C@H]1S(=O)C[C@@H]2OCc1ccccc1. The van der Waals surface area contributed by atoms with Gasteiger partial charge in [0.25, 0.3) is 0 Å². The number of rotatable bonds is 3. The molecular formula is C16H20O2S. The smallest absolute Gasteiger partial charge is 0.0794 e. The summed E-state index contributed by atoms with van der Waals surface area (Å²) < 4.78 is 18.3. The Morgan fingerprint density at radius 2 is 2.16 bits per heavy atom. The van der Waals surface area contributed by atoms with Gasteiger partial charge in [-0.15, -0.1) is 0 Å². The van der Waals surface area contributed by atoms with Crippen LogP contribution < -0.4 is 0 Å². The van der Waals surface area contributed by atoms with Crippen molar-refractivity contribution in [2.24, 2.45) is 5.41 Å². The van der Waals surface area contributed by atoms with Crippen LogP contribution in [0.2, 0.25) is 0 Å². The molecule has 1 fully saturated rings. The maximum atomic E-state index is 12.2. The monoisotopic (exact) mass is 276 g/mol. The molecule has 4 atom stereocenters. The van der Waals surface area contributed by atoms with Crippen molar-refractivity contribution in [2.75, 3.05) is 5.75 Å². The molecule has 102 valence electrons. The van der Waals surface area contributed by atoms with Gasteiger partial charge in [-0.05, 0) is 18.4 Å². The number of hydrogen-bond acceptors (Lipinski definition) is 2. The summed E-state index contributed by atoms with van der Waals surface area (Å²) in [6.07, 6.45) is 6.62. The molecule has 0 aromatic heterocycles. The summed E-state index contributed by atoms with van der Waals surface area (Å²) in [4.78, 5) is 0. The molecule has 0 N–H and O–H groups in total. The molecule has 0 radical (unpaired) electrons. The molecule has 1 aromatic carbocycles. The highest BCUT2D eigenvalue weighted by Crippen LogP contribution is 2.44. The van der Waals surface area contributed by atoms with Gasteiger partial charge in [0.05, 0.1) is 18.5 Å². The van der Waals surface area contributed by atoms with E-state index in [2.05, 4.69) is 31.2 Å². The van der Waals surface area contributed by atoms with E-state index in [1.807, 2.05) is 18.2 Å². The Labute approximate surface area is 117 Å². The van der Waals surface area contributed by atoms with Gasteiger partial charge in [0.1, 0.15) is 0 Å². The highest BCUT2D eigenvalue weighted by atomic mass is 32.2. The van der Waals surface area contributed by atoms with Crippen molar-refractivity contribution < 1.29 is 8.95 Å². The second-order valence-corrected chi connectivity index (χ2v) is 7.33. The van der Waals surface area contributed by atoms with Crippen molar-refractivity contribution in [3.05, 3.63) is 48.0 Å². The van der Waals surface area contributed by atoms with Gasteiger partial charge in [-0.25, -0.2) is 0 Å². The van der Waals surface area contributed by atoms with E-state index in [-0.39, 0.29) is 16.8 Å². The van der Waals surface area contributed by atoms with Gasteiger partial charge in [0.15, 0.2) is 0 Å². The molecule has 1 unspecified atom stereocenters. The van der Waals surface area contributed by atoms with Gasteiger partial charge < -0.3 is 4.74 Å². The summed E-state index contributed by atoms with van der Waals surface area (Å²) in [6.45, 7) is 2.81. The molecule has 0 amide bonds. The summed E-state index contributed by atoms with van der Waals surface area (Å²) >= 11 is 0. The number of benzene rings is 1. The Hall–Kier alpha value is -0.930. The van der Waals surface area contributed by atoms with E-state index in [1.54, 1.807) is 0 Å².